The summed E-state index contributed by atoms with van der Waals surface area (Å²) < 4.78 is 5.05. The molecule has 0 fully saturated rings. The molecule has 0 aliphatic heterocycles. The van der Waals surface area contributed by atoms with Crippen molar-refractivity contribution >= 4 is 10.8 Å². The molecule has 0 unspecified atom stereocenters. The quantitative estimate of drug-likeness (QED) is 0.301. The lowest BCUT2D eigenvalue weighted by atomic mass is 9.99. The van der Waals surface area contributed by atoms with Gasteiger partial charge in [-0.05, 0) is 69.5 Å². The second-order valence-corrected chi connectivity index (χ2v) is 9.58. The molecule has 0 saturated heterocycles. The summed E-state index contributed by atoms with van der Waals surface area (Å²) in [4.78, 5) is 0. The number of nitriles is 1. The van der Waals surface area contributed by atoms with Gasteiger partial charge in [0.2, 0.25) is 0 Å². The van der Waals surface area contributed by atoms with Crippen LogP contribution in [0, 0.1) is 11.3 Å². The molecule has 0 saturated carbocycles. The van der Waals surface area contributed by atoms with Crippen LogP contribution in [0.1, 0.15) is 81.5 Å². The molecule has 0 aromatic heterocycles. The van der Waals surface area contributed by atoms with E-state index in [1.165, 1.54) is 27.5 Å². The first-order chi connectivity index (χ1) is 16.7. The van der Waals surface area contributed by atoms with Crippen molar-refractivity contribution in [3.8, 4) is 11.8 Å². The van der Waals surface area contributed by atoms with Gasteiger partial charge in [-0.3, -0.25) is 0 Å². The molecule has 2 nitrogen and oxygen atoms in total. The lowest BCUT2D eigenvalue weighted by Gasteiger charge is -2.06. The van der Waals surface area contributed by atoms with Crippen molar-refractivity contribution in [1.29, 1.82) is 5.26 Å². The van der Waals surface area contributed by atoms with Crippen LogP contribution in [0.3, 0.4) is 0 Å². The predicted molar refractivity (Wildman–Crippen MR) is 150 cm³/mol. The Morgan fingerprint density at radius 1 is 0.571 bits per heavy atom. The molecule has 0 radical (unpaired) electrons. The Morgan fingerprint density at radius 2 is 1.03 bits per heavy atom. The molecule has 0 aliphatic rings. The summed E-state index contributed by atoms with van der Waals surface area (Å²) >= 11 is 0. The van der Waals surface area contributed by atoms with E-state index in [9.17, 15) is 0 Å². The molecule has 4 aromatic rings. The van der Waals surface area contributed by atoms with Gasteiger partial charge in [-0.1, -0.05) is 108 Å². The third-order valence-electron chi connectivity index (χ3n) is 5.93. The molecule has 0 heterocycles. The number of rotatable bonds is 4. The summed E-state index contributed by atoms with van der Waals surface area (Å²) in [5, 5.41) is 11.2. The third kappa shape index (κ3) is 8.95. The molecule has 35 heavy (non-hydrogen) atoms. The highest BCUT2D eigenvalue weighted by Gasteiger charge is 2.00. The van der Waals surface area contributed by atoms with E-state index in [4.69, 9.17) is 10.00 Å². The first-order valence-corrected chi connectivity index (χ1v) is 12.4. The number of hydrogen-bond acceptors (Lipinski definition) is 2. The zero-order valence-corrected chi connectivity index (χ0v) is 22.2. The summed E-state index contributed by atoms with van der Waals surface area (Å²) in [6.07, 6.45) is 0. The molecular weight excluding hydrogens is 426 g/mol. The first kappa shape index (κ1) is 27.7. The minimum atomic E-state index is 0.544. The minimum Gasteiger partial charge on any atom is -0.497 e. The summed E-state index contributed by atoms with van der Waals surface area (Å²) in [7, 11) is 1.68. The number of benzene rings is 4. The van der Waals surface area contributed by atoms with Crippen LogP contribution >= 0.6 is 0 Å². The van der Waals surface area contributed by atoms with E-state index < -0.39 is 0 Å². The summed E-state index contributed by atoms with van der Waals surface area (Å²) in [6.45, 7) is 13.1. The van der Waals surface area contributed by atoms with Crippen LogP contribution in [0.2, 0.25) is 0 Å². The van der Waals surface area contributed by atoms with E-state index in [1.54, 1.807) is 7.11 Å². The molecule has 4 aromatic carbocycles. The van der Waals surface area contributed by atoms with E-state index in [2.05, 4.69) is 102 Å². The van der Waals surface area contributed by atoms with Gasteiger partial charge in [0.1, 0.15) is 5.75 Å². The molecule has 0 aliphatic carbocycles. The lowest BCUT2D eigenvalue weighted by Crippen LogP contribution is -1.87. The maximum absolute atomic E-state index is 8.52. The van der Waals surface area contributed by atoms with Crippen molar-refractivity contribution in [3.63, 3.8) is 0 Å². The van der Waals surface area contributed by atoms with Crippen LogP contribution in [0.5, 0.6) is 5.75 Å². The van der Waals surface area contributed by atoms with Crippen molar-refractivity contribution in [1.82, 2.24) is 0 Å². The Bertz CT molecular complexity index is 1200. The van der Waals surface area contributed by atoms with Crippen molar-refractivity contribution in [2.75, 3.05) is 7.11 Å². The molecule has 182 valence electrons. The largest absolute Gasteiger partial charge is 0.497 e. The molecule has 0 amide bonds. The number of ether oxygens (including phenoxy) is 1. The van der Waals surface area contributed by atoms with Crippen LogP contribution in [0.15, 0.2) is 91.0 Å². The van der Waals surface area contributed by atoms with E-state index in [0.29, 0.717) is 17.8 Å². The Balaban J connectivity index is 0.000000186. The van der Waals surface area contributed by atoms with Crippen LogP contribution in [-0.4, -0.2) is 7.11 Å². The second-order valence-electron chi connectivity index (χ2n) is 9.58. The monoisotopic (exact) mass is 465 g/mol. The summed E-state index contributed by atoms with van der Waals surface area (Å²) in [5.74, 6) is 2.68. The molecule has 0 atom stereocenters. The van der Waals surface area contributed by atoms with E-state index in [0.717, 1.165) is 11.3 Å². The van der Waals surface area contributed by atoms with Crippen molar-refractivity contribution < 1.29 is 4.74 Å². The minimum absolute atomic E-state index is 0.544. The molecular formula is C33H39NO. The molecule has 4 rings (SSSR count). The molecule has 0 N–H and O–H groups in total. The van der Waals surface area contributed by atoms with Crippen LogP contribution in [0.4, 0.5) is 0 Å². The Hall–Kier alpha value is -3.57. The molecule has 0 spiro atoms. The SMILES string of the molecule is CC(C)c1ccc(C#N)cc1.CC(C)c1ccc2ccccc2c1.COc1ccc(C(C)C)cc1. The highest BCUT2D eigenvalue weighted by molar-refractivity contribution is 5.83. The number of hydrogen-bond donors (Lipinski definition) is 0. The van der Waals surface area contributed by atoms with Crippen molar-refractivity contribution in [3.05, 3.63) is 113 Å². The molecule has 2 heteroatoms. The fraction of sp³-hybridized carbons (Fsp3) is 0.303. The fourth-order valence-corrected chi connectivity index (χ4v) is 3.50. The maximum atomic E-state index is 8.52. The molecule has 0 bridgehead atoms. The lowest BCUT2D eigenvalue weighted by molar-refractivity contribution is 0.414. The van der Waals surface area contributed by atoms with E-state index in [-0.39, 0.29) is 0 Å². The van der Waals surface area contributed by atoms with E-state index in [1.807, 2.05) is 36.4 Å². The van der Waals surface area contributed by atoms with Gasteiger partial charge >= 0.3 is 0 Å². The number of fused-ring (bicyclic) bond motifs is 1. The second kappa shape index (κ2) is 14.0. The zero-order chi connectivity index (χ0) is 25.8. The highest BCUT2D eigenvalue weighted by Crippen LogP contribution is 2.21. The predicted octanol–water partition coefficient (Wildman–Crippen LogP) is 9.46. The number of nitrogens with zero attached hydrogens (tertiary/aromatic N) is 1. The average molecular weight is 466 g/mol. The van der Waals surface area contributed by atoms with Crippen molar-refractivity contribution in [2.45, 2.75) is 59.3 Å². The van der Waals surface area contributed by atoms with Gasteiger partial charge < -0.3 is 4.74 Å². The summed E-state index contributed by atoms with van der Waals surface area (Å²) in [5.41, 5.74) is 4.78. The van der Waals surface area contributed by atoms with E-state index >= 15 is 0 Å². The Labute approximate surface area is 212 Å². The Kier molecular flexibility index (Phi) is 11.0. The van der Waals surface area contributed by atoms with Crippen LogP contribution in [-0.2, 0) is 0 Å². The first-order valence-electron chi connectivity index (χ1n) is 12.4. The Morgan fingerprint density at radius 3 is 1.49 bits per heavy atom. The fourth-order valence-electron chi connectivity index (χ4n) is 3.50. The van der Waals surface area contributed by atoms with Gasteiger partial charge in [0.05, 0.1) is 18.7 Å². The van der Waals surface area contributed by atoms with Crippen LogP contribution in [0.25, 0.3) is 10.8 Å². The van der Waals surface area contributed by atoms with Gasteiger partial charge in [0.15, 0.2) is 0 Å². The third-order valence-corrected chi connectivity index (χ3v) is 5.93. The number of methoxy groups -OCH3 is 1. The standard InChI is InChI=1S/C13H14.C10H11N.C10H14O/c1-10(2)12-8-7-11-5-3-4-6-13(11)9-12;1-8(2)10-5-3-9(7-11)4-6-10;1-8(2)9-4-6-10(11-3)7-5-9/h3-10H,1-2H3;3-6,8H,1-2H3;4-8H,1-3H3. The van der Waals surface area contributed by atoms with Gasteiger partial charge in [-0.15, -0.1) is 0 Å². The topological polar surface area (TPSA) is 33.0 Å². The highest BCUT2D eigenvalue weighted by atomic mass is 16.5. The van der Waals surface area contributed by atoms with Gasteiger partial charge in [0, 0.05) is 0 Å². The maximum Gasteiger partial charge on any atom is 0.118 e. The van der Waals surface area contributed by atoms with Gasteiger partial charge in [-0.2, -0.15) is 5.26 Å². The smallest absolute Gasteiger partial charge is 0.118 e. The normalized spacial score (nSPS) is 10.3. The summed E-state index contributed by atoms with van der Waals surface area (Å²) in [6, 6.07) is 33.2. The zero-order valence-electron chi connectivity index (χ0n) is 22.2. The van der Waals surface area contributed by atoms with Crippen LogP contribution < -0.4 is 4.74 Å². The van der Waals surface area contributed by atoms with Gasteiger partial charge in [-0.25, -0.2) is 0 Å². The average Bonchev–Trinajstić information content (AvgIpc) is 2.89. The van der Waals surface area contributed by atoms with Gasteiger partial charge in [0.25, 0.3) is 0 Å². The van der Waals surface area contributed by atoms with Crippen molar-refractivity contribution in [2.24, 2.45) is 0 Å².